The molecule has 0 aliphatic rings. The second kappa shape index (κ2) is 6.79. The molecule has 0 saturated heterocycles. The van der Waals surface area contributed by atoms with Gasteiger partial charge in [0.05, 0.1) is 12.3 Å². The van der Waals surface area contributed by atoms with Gasteiger partial charge in [0.15, 0.2) is 6.29 Å². The first-order valence-electron chi connectivity index (χ1n) is 5.14. The van der Waals surface area contributed by atoms with Crippen molar-refractivity contribution >= 4 is 12.2 Å². The van der Waals surface area contributed by atoms with Gasteiger partial charge in [-0.25, -0.2) is 0 Å². The molecular weight excluding hydrogens is 208 g/mol. The normalized spacial score (nSPS) is 10.1. The number of hydrogen-bond acceptors (Lipinski definition) is 3. The molecular formula is C11H16N2O3. The molecule has 5 heteroatoms. The fraction of sp³-hybridized carbons (Fsp3) is 0.455. The number of nitrogens with one attached hydrogen (secondary N) is 1. The minimum atomic E-state index is -0.0393. The van der Waals surface area contributed by atoms with Crippen LogP contribution in [0.3, 0.4) is 0 Å². The monoisotopic (exact) mass is 224 g/mol. The van der Waals surface area contributed by atoms with E-state index >= 15 is 0 Å². The van der Waals surface area contributed by atoms with Crippen molar-refractivity contribution in [1.82, 2.24) is 9.88 Å². The quantitative estimate of drug-likeness (QED) is 0.540. The summed E-state index contributed by atoms with van der Waals surface area (Å²) in [6, 6.07) is 3.50. The van der Waals surface area contributed by atoms with E-state index in [-0.39, 0.29) is 5.91 Å². The number of methoxy groups -OCH3 is 1. The number of carbonyl (C=O) groups excluding carboxylic acids is 2. The Morgan fingerprint density at radius 2 is 2.44 bits per heavy atom. The Morgan fingerprint density at radius 3 is 3.12 bits per heavy atom. The fourth-order valence-electron chi connectivity index (χ4n) is 1.34. The molecule has 0 aliphatic heterocycles. The lowest BCUT2D eigenvalue weighted by atomic mass is 10.3. The van der Waals surface area contributed by atoms with Gasteiger partial charge in [0, 0.05) is 32.8 Å². The Bertz CT molecular complexity index is 347. The highest BCUT2D eigenvalue weighted by Gasteiger charge is 2.03. The smallest absolute Gasteiger partial charge is 0.221 e. The van der Waals surface area contributed by atoms with E-state index in [0.717, 1.165) is 6.29 Å². The van der Waals surface area contributed by atoms with Crippen molar-refractivity contribution in [3.05, 3.63) is 24.0 Å². The molecule has 88 valence electrons. The second-order valence-electron chi connectivity index (χ2n) is 3.34. The van der Waals surface area contributed by atoms with Crippen molar-refractivity contribution in [2.45, 2.75) is 13.0 Å². The largest absolute Gasteiger partial charge is 0.383 e. The molecule has 0 fully saturated rings. The molecule has 0 aliphatic carbocycles. The molecule has 0 unspecified atom stereocenters. The number of nitrogens with zero attached hydrogens (tertiary/aromatic N) is 1. The van der Waals surface area contributed by atoms with Gasteiger partial charge in [-0.05, 0) is 12.1 Å². The number of aryl methyl sites for hydroxylation is 1. The molecule has 0 bridgehead atoms. The van der Waals surface area contributed by atoms with E-state index in [1.54, 1.807) is 30.0 Å². The highest BCUT2D eigenvalue weighted by molar-refractivity contribution is 5.76. The molecule has 0 spiro atoms. The van der Waals surface area contributed by atoms with Crippen molar-refractivity contribution in [1.29, 1.82) is 0 Å². The molecule has 1 amide bonds. The van der Waals surface area contributed by atoms with E-state index < -0.39 is 0 Å². The summed E-state index contributed by atoms with van der Waals surface area (Å²) in [6.45, 7) is 1.54. The number of hydrogen-bond donors (Lipinski definition) is 1. The minimum absolute atomic E-state index is 0.0393. The van der Waals surface area contributed by atoms with Crippen molar-refractivity contribution in [3.8, 4) is 0 Å². The van der Waals surface area contributed by atoms with Crippen LogP contribution in [0.1, 0.15) is 16.9 Å². The number of aldehydes is 1. The molecule has 1 heterocycles. The molecule has 0 aromatic carbocycles. The standard InChI is InChI=1S/C11H16N2O3/c1-16-8-5-12-11(15)4-7-13-6-2-3-10(13)9-14/h2-3,6,9H,4-5,7-8H2,1H3,(H,12,15). The van der Waals surface area contributed by atoms with Gasteiger partial charge < -0.3 is 14.6 Å². The van der Waals surface area contributed by atoms with Crippen LogP contribution >= 0.6 is 0 Å². The minimum Gasteiger partial charge on any atom is -0.383 e. The molecule has 0 atom stereocenters. The summed E-state index contributed by atoms with van der Waals surface area (Å²) < 4.78 is 6.57. The van der Waals surface area contributed by atoms with E-state index in [1.807, 2.05) is 0 Å². The highest BCUT2D eigenvalue weighted by Crippen LogP contribution is 2.00. The molecule has 0 saturated carbocycles. The zero-order chi connectivity index (χ0) is 11.8. The Hall–Kier alpha value is -1.62. The van der Waals surface area contributed by atoms with E-state index in [1.165, 1.54) is 0 Å². The van der Waals surface area contributed by atoms with Gasteiger partial charge in [0.2, 0.25) is 5.91 Å². The zero-order valence-electron chi connectivity index (χ0n) is 9.31. The number of rotatable bonds is 7. The Morgan fingerprint density at radius 1 is 1.62 bits per heavy atom. The molecule has 16 heavy (non-hydrogen) atoms. The van der Waals surface area contributed by atoms with Gasteiger partial charge in [-0.15, -0.1) is 0 Å². The average Bonchev–Trinajstić information content (AvgIpc) is 2.74. The summed E-state index contributed by atoms with van der Waals surface area (Å²) in [4.78, 5) is 22.0. The second-order valence-corrected chi connectivity index (χ2v) is 3.34. The van der Waals surface area contributed by atoms with Crippen molar-refractivity contribution < 1.29 is 14.3 Å². The van der Waals surface area contributed by atoms with Crippen LogP contribution in [-0.4, -0.2) is 37.0 Å². The summed E-state index contributed by atoms with van der Waals surface area (Å²) >= 11 is 0. The summed E-state index contributed by atoms with van der Waals surface area (Å²) in [6.07, 6.45) is 2.92. The summed E-state index contributed by atoms with van der Waals surface area (Å²) in [5, 5.41) is 2.72. The first-order chi connectivity index (χ1) is 7.77. The zero-order valence-corrected chi connectivity index (χ0v) is 9.31. The third-order valence-corrected chi connectivity index (χ3v) is 2.19. The lowest BCUT2D eigenvalue weighted by molar-refractivity contribution is -0.121. The Balaban J connectivity index is 2.28. The SMILES string of the molecule is COCCNC(=O)CCn1cccc1C=O. The van der Waals surface area contributed by atoms with Gasteiger partial charge in [0.25, 0.3) is 0 Å². The third kappa shape index (κ3) is 3.86. The predicted octanol–water partition coefficient (Wildman–Crippen LogP) is 0.453. The van der Waals surface area contributed by atoms with Crippen LogP contribution in [0.25, 0.3) is 0 Å². The van der Waals surface area contributed by atoms with E-state index in [2.05, 4.69) is 5.32 Å². The van der Waals surface area contributed by atoms with E-state index in [0.29, 0.717) is 31.8 Å². The molecule has 1 aromatic rings. The topological polar surface area (TPSA) is 60.3 Å². The van der Waals surface area contributed by atoms with Gasteiger partial charge in [0.1, 0.15) is 0 Å². The molecule has 1 aromatic heterocycles. The number of amides is 1. The maximum absolute atomic E-state index is 11.3. The van der Waals surface area contributed by atoms with E-state index in [4.69, 9.17) is 4.74 Å². The first kappa shape index (κ1) is 12.4. The first-order valence-corrected chi connectivity index (χ1v) is 5.14. The lowest BCUT2D eigenvalue weighted by Gasteiger charge is -2.06. The average molecular weight is 224 g/mol. The van der Waals surface area contributed by atoms with Crippen molar-refractivity contribution in [2.75, 3.05) is 20.3 Å². The van der Waals surface area contributed by atoms with E-state index in [9.17, 15) is 9.59 Å². The lowest BCUT2D eigenvalue weighted by Crippen LogP contribution is -2.27. The predicted molar refractivity (Wildman–Crippen MR) is 59.3 cm³/mol. The molecule has 1 rings (SSSR count). The van der Waals surface area contributed by atoms with Crippen LogP contribution in [0.2, 0.25) is 0 Å². The Labute approximate surface area is 94.4 Å². The summed E-state index contributed by atoms with van der Waals surface area (Å²) in [5.74, 6) is -0.0393. The van der Waals surface area contributed by atoms with Crippen LogP contribution in [0, 0.1) is 0 Å². The van der Waals surface area contributed by atoms with Crippen molar-refractivity contribution in [2.24, 2.45) is 0 Å². The summed E-state index contributed by atoms with van der Waals surface area (Å²) in [5.41, 5.74) is 0.588. The van der Waals surface area contributed by atoms with Crippen LogP contribution in [0.5, 0.6) is 0 Å². The number of aromatic nitrogens is 1. The van der Waals surface area contributed by atoms with Crippen LogP contribution in [-0.2, 0) is 16.1 Å². The highest BCUT2D eigenvalue weighted by atomic mass is 16.5. The molecule has 5 nitrogen and oxygen atoms in total. The van der Waals surface area contributed by atoms with Gasteiger partial charge in [-0.3, -0.25) is 9.59 Å². The molecule has 0 radical (unpaired) electrons. The number of carbonyl (C=O) groups is 2. The van der Waals surface area contributed by atoms with Crippen LogP contribution in [0.4, 0.5) is 0 Å². The number of ether oxygens (including phenoxy) is 1. The van der Waals surface area contributed by atoms with Crippen LogP contribution < -0.4 is 5.32 Å². The van der Waals surface area contributed by atoms with Crippen LogP contribution in [0.15, 0.2) is 18.3 Å². The maximum Gasteiger partial charge on any atom is 0.221 e. The fourth-order valence-corrected chi connectivity index (χ4v) is 1.34. The Kier molecular flexibility index (Phi) is 5.28. The third-order valence-electron chi connectivity index (χ3n) is 2.19. The van der Waals surface area contributed by atoms with Gasteiger partial charge in [-0.1, -0.05) is 0 Å². The van der Waals surface area contributed by atoms with Gasteiger partial charge >= 0.3 is 0 Å². The summed E-state index contributed by atoms with van der Waals surface area (Å²) in [7, 11) is 1.59. The maximum atomic E-state index is 11.3. The van der Waals surface area contributed by atoms with Crippen molar-refractivity contribution in [3.63, 3.8) is 0 Å². The molecule has 1 N–H and O–H groups in total. The van der Waals surface area contributed by atoms with Gasteiger partial charge in [-0.2, -0.15) is 0 Å².